The largest absolute Gasteiger partial charge is 0.465 e. The molecule has 0 aliphatic rings. The normalized spacial score (nSPS) is 9.96. The molecule has 0 spiro atoms. The van der Waals surface area contributed by atoms with E-state index in [9.17, 15) is 14.4 Å². The van der Waals surface area contributed by atoms with Gasteiger partial charge in [-0.15, -0.1) is 0 Å². The molecule has 0 radical (unpaired) electrons. The summed E-state index contributed by atoms with van der Waals surface area (Å²) >= 11 is 0. The van der Waals surface area contributed by atoms with E-state index in [-0.39, 0.29) is 17.9 Å². The van der Waals surface area contributed by atoms with Gasteiger partial charge in [-0.3, -0.25) is 9.59 Å². The zero-order valence-corrected chi connectivity index (χ0v) is 14.0. The van der Waals surface area contributed by atoms with Gasteiger partial charge in [-0.05, 0) is 24.1 Å². The number of methoxy groups -OCH3 is 1. The Hall–Kier alpha value is -3.15. The molecule has 0 unspecified atom stereocenters. The second-order valence-electron chi connectivity index (χ2n) is 5.35. The Bertz CT molecular complexity index is 744. The molecule has 130 valence electrons. The molecule has 2 aromatic carbocycles. The third kappa shape index (κ3) is 5.76. The lowest BCUT2D eigenvalue weighted by Crippen LogP contribution is -2.30. The molecule has 2 N–H and O–H groups in total. The molecule has 0 heterocycles. The molecule has 2 amide bonds. The summed E-state index contributed by atoms with van der Waals surface area (Å²) in [6, 6.07) is 16.2. The average Bonchev–Trinajstić information content (AvgIpc) is 2.62. The van der Waals surface area contributed by atoms with Crippen molar-refractivity contribution in [2.45, 2.75) is 12.8 Å². The van der Waals surface area contributed by atoms with Crippen LogP contribution in [0.15, 0.2) is 54.6 Å². The number of carbonyl (C=O) groups is 3. The smallest absolute Gasteiger partial charge is 0.339 e. The number of ether oxygens (including phenoxy) is 1. The molecule has 0 aliphatic carbocycles. The van der Waals surface area contributed by atoms with Crippen LogP contribution in [0, 0.1) is 0 Å². The number of hydrogen-bond donors (Lipinski definition) is 2. The van der Waals surface area contributed by atoms with Gasteiger partial charge < -0.3 is 15.4 Å². The second-order valence-corrected chi connectivity index (χ2v) is 5.35. The van der Waals surface area contributed by atoms with Crippen LogP contribution in [-0.2, 0) is 20.7 Å². The molecule has 0 atom stereocenters. The number of amides is 2. The molecule has 25 heavy (non-hydrogen) atoms. The molecule has 2 aromatic rings. The molecule has 0 aromatic heterocycles. The molecule has 0 saturated heterocycles. The minimum absolute atomic E-state index is 0.239. The first-order valence-corrected chi connectivity index (χ1v) is 7.88. The van der Waals surface area contributed by atoms with E-state index in [1.807, 2.05) is 30.3 Å². The Balaban J connectivity index is 1.82. The van der Waals surface area contributed by atoms with Gasteiger partial charge in [0.25, 0.3) is 0 Å². The molecule has 0 saturated carbocycles. The summed E-state index contributed by atoms with van der Waals surface area (Å²) in [6.07, 6.45) is 0.379. The highest BCUT2D eigenvalue weighted by Gasteiger charge is 2.15. The molecule has 0 fully saturated rings. The Morgan fingerprint density at radius 2 is 1.60 bits per heavy atom. The maximum absolute atomic E-state index is 12.0. The van der Waals surface area contributed by atoms with E-state index < -0.39 is 11.9 Å². The van der Waals surface area contributed by atoms with E-state index in [2.05, 4.69) is 15.4 Å². The predicted molar refractivity (Wildman–Crippen MR) is 94.2 cm³/mol. The standard InChI is InChI=1S/C19H20N2O4/c1-25-19(24)15-9-5-6-10-16(15)21-18(23)13-17(22)20-12-11-14-7-3-2-4-8-14/h2-10H,11-13H2,1H3,(H,20,22)(H,21,23). The van der Waals surface area contributed by atoms with Gasteiger partial charge in [0, 0.05) is 6.54 Å². The van der Waals surface area contributed by atoms with Crippen LogP contribution >= 0.6 is 0 Å². The van der Waals surface area contributed by atoms with Crippen LogP contribution in [0.25, 0.3) is 0 Å². The lowest BCUT2D eigenvalue weighted by atomic mass is 10.1. The highest BCUT2D eigenvalue weighted by Crippen LogP contribution is 2.16. The lowest BCUT2D eigenvalue weighted by molar-refractivity contribution is -0.126. The fourth-order valence-electron chi connectivity index (χ4n) is 2.27. The number of rotatable bonds is 7. The monoisotopic (exact) mass is 340 g/mol. The van der Waals surface area contributed by atoms with Crippen LogP contribution in [0.5, 0.6) is 0 Å². The Morgan fingerprint density at radius 3 is 2.32 bits per heavy atom. The summed E-state index contributed by atoms with van der Waals surface area (Å²) in [5.41, 5.74) is 1.67. The van der Waals surface area contributed by atoms with Gasteiger partial charge in [-0.1, -0.05) is 42.5 Å². The second kappa shape index (κ2) is 9.22. The van der Waals surface area contributed by atoms with Crippen LogP contribution in [-0.4, -0.2) is 31.4 Å². The van der Waals surface area contributed by atoms with Crippen LogP contribution in [0.4, 0.5) is 5.69 Å². The summed E-state index contributed by atoms with van der Waals surface area (Å²) in [4.78, 5) is 35.5. The maximum Gasteiger partial charge on any atom is 0.339 e. The van der Waals surface area contributed by atoms with Gasteiger partial charge in [0.15, 0.2) is 0 Å². The molecule has 2 rings (SSSR count). The van der Waals surface area contributed by atoms with Crippen molar-refractivity contribution in [3.63, 3.8) is 0 Å². The van der Waals surface area contributed by atoms with Crippen LogP contribution < -0.4 is 10.6 Å². The molecular formula is C19H20N2O4. The van der Waals surface area contributed by atoms with Crippen molar-refractivity contribution >= 4 is 23.5 Å². The zero-order valence-electron chi connectivity index (χ0n) is 14.0. The molecular weight excluding hydrogens is 320 g/mol. The van der Waals surface area contributed by atoms with E-state index in [1.54, 1.807) is 24.3 Å². The highest BCUT2D eigenvalue weighted by molar-refractivity contribution is 6.06. The van der Waals surface area contributed by atoms with Crippen molar-refractivity contribution in [3.05, 3.63) is 65.7 Å². The number of carbonyl (C=O) groups excluding carboxylic acids is 3. The average molecular weight is 340 g/mol. The van der Waals surface area contributed by atoms with Crippen LogP contribution in [0.3, 0.4) is 0 Å². The summed E-state index contributed by atoms with van der Waals surface area (Å²) < 4.78 is 4.67. The predicted octanol–water partition coefficient (Wildman–Crippen LogP) is 2.16. The third-order valence-electron chi connectivity index (χ3n) is 3.51. The first-order chi connectivity index (χ1) is 12.1. The maximum atomic E-state index is 12.0. The van der Waals surface area contributed by atoms with Crippen molar-refractivity contribution < 1.29 is 19.1 Å². The lowest BCUT2D eigenvalue weighted by Gasteiger charge is -2.10. The number of hydrogen-bond acceptors (Lipinski definition) is 4. The summed E-state index contributed by atoms with van der Waals surface area (Å²) in [5.74, 6) is -1.42. The van der Waals surface area contributed by atoms with Crippen molar-refractivity contribution in [3.8, 4) is 0 Å². The van der Waals surface area contributed by atoms with E-state index >= 15 is 0 Å². The first kappa shape index (κ1) is 18.2. The topological polar surface area (TPSA) is 84.5 Å². The summed E-state index contributed by atoms with van der Waals surface area (Å²) in [6.45, 7) is 0.453. The first-order valence-electron chi connectivity index (χ1n) is 7.88. The number of benzene rings is 2. The highest BCUT2D eigenvalue weighted by atomic mass is 16.5. The number of anilines is 1. The van der Waals surface area contributed by atoms with Gasteiger partial charge in [0.2, 0.25) is 11.8 Å². The van der Waals surface area contributed by atoms with Crippen molar-refractivity contribution in [1.29, 1.82) is 0 Å². The van der Waals surface area contributed by atoms with Crippen molar-refractivity contribution in [2.75, 3.05) is 19.0 Å². The number of para-hydroxylation sites is 1. The molecule has 0 aliphatic heterocycles. The minimum atomic E-state index is -0.553. The van der Waals surface area contributed by atoms with Crippen LogP contribution in [0.2, 0.25) is 0 Å². The van der Waals surface area contributed by atoms with Gasteiger partial charge >= 0.3 is 5.97 Å². The number of nitrogens with one attached hydrogen (secondary N) is 2. The van der Waals surface area contributed by atoms with E-state index in [4.69, 9.17) is 0 Å². The van der Waals surface area contributed by atoms with Gasteiger partial charge in [0.1, 0.15) is 6.42 Å². The Morgan fingerprint density at radius 1 is 0.920 bits per heavy atom. The minimum Gasteiger partial charge on any atom is -0.465 e. The van der Waals surface area contributed by atoms with Gasteiger partial charge in [-0.25, -0.2) is 4.79 Å². The van der Waals surface area contributed by atoms with Crippen LogP contribution in [0.1, 0.15) is 22.3 Å². The third-order valence-corrected chi connectivity index (χ3v) is 3.51. The van der Waals surface area contributed by atoms with Crippen molar-refractivity contribution in [1.82, 2.24) is 5.32 Å². The Labute approximate surface area is 146 Å². The van der Waals surface area contributed by atoms with E-state index in [0.717, 1.165) is 5.56 Å². The van der Waals surface area contributed by atoms with Gasteiger partial charge in [-0.2, -0.15) is 0 Å². The quantitative estimate of drug-likeness (QED) is 0.597. The van der Waals surface area contributed by atoms with E-state index in [0.29, 0.717) is 18.7 Å². The van der Waals surface area contributed by atoms with Crippen molar-refractivity contribution in [2.24, 2.45) is 0 Å². The summed E-state index contributed by atoms with van der Waals surface area (Å²) in [5, 5.41) is 5.27. The molecule has 6 heteroatoms. The fraction of sp³-hybridized carbons (Fsp3) is 0.211. The zero-order chi connectivity index (χ0) is 18.1. The number of esters is 1. The molecule has 6 nitrogen and oxygen atoms in total. The Kier molecular flexibility index (Phi) is 6.71. The van der Waals surface area contributed by atoms with E-state index in [1.165, 1.54) is 7.11 Å². The van der Waals surface area contributed by atoms with Gasteiger partial charge in [0.05, 0.1) is 18.4 Å². The summed E-state index contributed by atoms with van der Waals surface area (Å²) in [7, 11) is 1.26. The SMILES string of the molecule is COC(=O)c1ccccc1NC(=O)CC(=O)NCCc1ccccc1. The fourth-order valence-corrected chi connectivity index (χ4v) is 2.27. The molecule has 0 bridgehead atoms.